The number of halogens is 1. The zero-order valence-electron chi connectivity index (χ0n) is 13.1. The van der Waals surface area contributed by atoms with Crippen molar-refractivity contribution in [3.8, 4) is 0 Å². The van der Waals surface area contributed by atoms with Crippen molar-refractivity contribution < 1.29 is 17.9 Å². The molecule has 0 fully saturated rings. The second kappa shape index (κ2) is 7.92. The summed E-state index contributed by atoms with van der Waals surface area (Å²) in [6.45, 7) is 1.95. The van der Waals surface area contributed by atoms with E-state index in [0.29, 0.717) is 0 Å². The highest BCUT2D eigenvalue weighted by Crippen LogP contribution is 2.27. The van der Waals surface area contributed by atoms with E-state index in [4.69, 9.17) is 16.3 Å². The van der Waals surface area contributed by atoms with E-state index in [-0.39, 0.29) is 27.8 Å². The van der Waals surface area contributed by atoms with Crippen LogP contribution in [0.4, 0.5) is 5.69 Å². The molecule has 0 saturated heterocycles. The maximum atomic E-state index is 12.4. The molecule has 1 N–H and O–H groups in total. The normalized spacial score (nSPS) is 11.1. The molecule has 2 aromatic carbocycles. The molecule has 24 heavy (non-hydrogen) atoms. The second-order valence-corrected chi connectivity index (χ2v) is 7.67. The largest absolute Gasteiger partial charge is 0.462 e. The summed E-state index contributed by atoms with van der Waals surface area (Å²) in [4.78, 5) is 12.7. The fourth-order valence-corrected chi connectivity index (χ4v) is 3.67. The topological polar surface area (TPSA) is 72.5 Å². The summed E-state index contributed by atoms with van der Waals surface area (Å²) in [6, 6.07) is 10.8. The van der Waals surface area contributed by atoms with Gasteiger partial charge in [0.05, 0.1) is 27.8 Å². The average Bonchev–Trinajstić information content (AvgIpc) is 2.57. The second-order valence-electron chi connectivity index (χ2n) is 4.70. The zero-order chi connectivity index (χ0) is 17.7. The number of anilines is 1. The Balaban J connectivity index is 2.24. The lowest BCUT2D eigenvalue weighted by molar-refractivity contribution is 0.0526. The van der Waals surface area contributed by atoms with E-state index in [0.717, 1.165) is 4.90 Å². The van der Waals surface area contributed by atoms with Crippen LogP contribution >= 0.6 is 23.4 Å². The summed E-state index contributed by atoms with van der Waals surface area (Å²) in [5, 5.41) is 0.116. The Hall–Kier alpha value is -1.70. The lowest BCUT2D eigenvalue weighted by Crippen LogP contribution is -2.13. The Morgan fingerprint density at radius 2 is 1.88 bits per heavy atom. The minimum atomic E-state index is -3.76. The van der Waals surface area contributed by atoms with Crippen LogP contribution in [-0.2, 0) is 14.8 Å². The highest BCUT2D eigenvalue weighted by molar-refractivity contribution is 7.98. The van der Waals surface area contributed by atoms with Gasteiger partial charge in [0, 0.05) is 4.90 Å². The van der Waals surface area contributed by atoms with Crippen molar-refractivity contribution in [2.75, 3.05) is 17.6 Å². The summed E-state index contributed by atoms with van der Waals surface area (Å²) >= 11 is 7.60. The van der Waals surface area contributed by atoms with Gasteiger partial charge in [-0.15, -0.1) is 11.8 Å². The minimum Gasteiger partial charge on any atom is -0.462 e. The van der Waals surface area contributed by atoms with Crippen LogP contribution in [0.25, 0.3) is 0 Å². The number of carbonyl (C=O) groups is 1. The van der Waals surface area contributed by atoms with Crippen molar-refractivity contribution in [2.45, 2.75) is 16.7 Å². The van der Waals surface area contributed by atoms with Crippen LogP contribution in [-0.4, -0.2) is 27.2 Å². The molecule has 0 aliphatic rings. The summed E-state index contributed by atoms with van der Waals surface area (Å²) in [7, 11) is -3.76. The van der Waals surface area contributed by atoms with E-state index in [9.17, 15) is 13.2 Å². The molecule has 2 aromatic rings. The number of ether oxygens (including phenoxy) is 1. The molecule has 0 aliphatic heterocycles. The Morgan fingerprint density at radius 1 is 1.21 bits per heavy atom. The van der Waals surface area contributed by atoms with Crippen molar-refractivity contribution in [3.05, 3.63) is 53.1 Å². The molecule has 0 radical (unpaired) electrons. The first-order valence-corrected chi connectivity index (χ1v) is 10.1. The molecule has 2 rings (SSSR count). The van der Waals surface area contributed by atoms with Crippen LogP contribution in [0.2, 0.25) is 5.02 Å². The number of carbonyl (C=O) groups excluding carboxylic acids is 1. The molecule has 0 spiro atoms. The van der Waals surface area contributed by atoms with E-state index < -0.39 is 16.0 Å². The predicted molar refractivity (Wildman–Crippen MR) is 96.4 cm³/mol. The van der Waals surface area contributed by atoms with Gasteiger partial charge < -0.3 is 4.74 Å². The third-order valence-corrected chi connectivity index (χ3v) is 5.53. The maximum Gasteiger partial charge on any atom is 0.338 e. The number of thioether (sulfide) groups is 1. The van der Waals surface area contributed by atoms with Gasteiger partial charge in [-0.1, -0.05) is 11.6 Å². The highest BCUT2D eigenvalue weighted by atomic mass is 35.5. The van der Waals surface area contributed by atoms with Crippen LogP contribution in [0.3, 0.4) is 0 Å². The predicted octanol–water partition coefficient (Wildman–Crippen LogP) is 4.04. The van der Waals surface area contributed by atoms with Gasteiger partial charge in [0.15, 0.2) is 0 Å². The van der Waals surface area contributed by atoms with Crippen molar-refractivity contribution >= 4 is 45.0 Å². The van der Waals surface area contributed by atoms with Crippen molar-refractivity contribution in [3.63, 3.8) is 0 Å². The molecule has 0 unspecified atom stereocenters. The molecule has 8 heteroatoms. The number of esters is 1. The van der Waals surface area contributed by atoms with Gasteiger partial charge in [0.2, 0.25) is 0 Å². The number of sulfonamides is 1. The van der Waals surface area contributed by atoms with Crippen LogP contribution in [0.5, 0.6) is 0 Å². The average molecular weight is 386 g/mol. The van der Waals surface area contributed by atoms with Crippen LogP contribution in [0.15, 0.2) is 52.3 Å². The number of rotatable bonds is 6. The van der Waals surface area contributed by atoms with Gasteiger partial charge >= 0.3 is 5.97 Å². The summed E-state index contributed by atoms with van der Waals surface area (Å²) < 4.78 is 32.1. The van der Waals surface area contributed by atoms with E-state index in [2.05, 4.69) is 4.72 Å². The maximum absolute atomic E-state index is 12.4. The van der Waals surface area contributed by atoms with E-state index in [1.54, 1.807) is 19.1 Å². The lowest BCUT2D eigenvalue weighted by atomic mass is 10.2. The summed E-state index contributed by atoms with van der Waals surface area (Å²) in [5.74, 6) is -0.513. The molecule has 5 nitrogen and oxygen atoms in total. The Kier molecular flexibility index (Phi) is 6.15. The number of nitrogens with one attached hydrogen (secondary N) is 1. The summed E-state index contributed by atoms with van der Waals surface area (Å²) in [5.41, 5.74) is 0.452. The molecule has 0 amide bonds. The molecule has 0 saturated carbocycles. The minimum absolute atomic E-state index is 0.116. The number of hydrogen-bond donors (Lipinski definition) is 1. The summed E-state index contributed by atoms with van der Waals surface area (Å²) in [6.07, 6.45) is 1.91. The fourth-order valence-electron chi connectivity index (χ4n) is 1.90. The van der Waals surface area contributed by atoms with Gasteiger partial charge in [-0.05, 0) is 55.6 Å². The fraction of sp³-hybridized carbons (Fsp3) is 0.188. The first-order valence-electron chi connectivity index (χ1n) is 7.01. The van der Waals surface area contributed by atoms with Crippen molar-refractivity contribution in [1.82, 2.24) is 0 Å². The van der Waals surface area contributed by atoms with Crippen LogP contribution in [0.1, 0.15) is 17.3 Å². The smallest absolute Gasteiger partial charge is 0.338 e. The quantitative estimate of drug-likeness (QED) is 0.600. The van der Waals surface area contributed by atoms with Gasteiger partial charge in [0.1, 0.15) is 0 Å². The van der Waals surface area contributed by atoms with Gasteiger partial charge in [-0.2, -0.15) is 0 Å². The van der Waals surface area contributed by atoms with E-state index >= 15 is 0 Å². The molecular weight excluding hydrogens is 370 g/mol. The molecule has 0 heterocycles. The highest BCUT2D eigenvalue weighted by Gasteiger charge is 2.17. The Labute approximate surface area is 150 Å². The Bertz CT molecular complexity index is 836. The molecular formula is C16H16ClNO4S2. The lowest BCUT2D eigenvalue weighted by Gasteiger charge is -2.11. The molecule has 0 aromatic heterocycles. The van der Waals surface area contributed by atoms with Gasteiger partial charge in [0.25, 0.3) is 10.0 Å². The Morgan fingerprint density at radius 3 is 2.42 bits per heavy atom. The first kappa shape index (κ1) is 18.6. The SMILES string of the molecule is CCOC(=O)c1ccc(NS(=O)(=O)c2ccc(SC)cc2)c(Cl)c1. The van der Waals surface area contributed by atoms with Crippen molar-refractivity contribution in [1.29, 1.82) is 0 Å². The standard InChI is InChI=1S/C16H16ClNO4S2/c1-3-22-16(19)11-4-9-15(14(17)10-11)18-24(20,21)13-7-5-12(23-2)6-8-13/h4-10,18H,3H2,1-2H3. The molecule has 0 atom stereocenters. The number of hydrogen-bond acceptors (Lipinski definition) is 5. The molecule has 128 valence electrons. The number of benzene rings is 2. The first-order chi connectivity index (χ1) is 11.4. The van der Waals surface area contributed by atoms with Crippen LogP contribution in [0, 0.1) is 0 Å². The molecule has 0 bridgehead atoms. The van der Waals surface area contributed by atoms with Crippen molar-refractivity contribution in [2.24, 2.45) is 0 Å². The van der Waals surface area contributed by atoms with E-state index in [1.165, 1.54) is 42.1 Å². The third kappa shape index (κ3) is 4.43. The third-order valence-electron chi connectivity index (χ3n) is 3.09. The molecule has 0 aliphatic carbocycles. The van der Waals surface area contributed by atoms with Gasteiger partial charge in [-0.3, -0.25) is 4.72 Å². The monoisotopic (exact) mass is 385 g/mol. The van der Waals surface area contributed by atoms with Gasteiger partial charge in [-0.25, -0.2) is 13.2 Å². The zero-order valence-corrected chi connectivity index (χ0v) is 15.5. The van der Waals surface area contributed by atoms with Crippen LogP contribution < -0.4 is 4.72 Å². The van der Waals surface area contributed by atoms with E-state index in [1.807, 2.05) is 6.26 Å².